The number of para-hydroxylation sites is 1. The van der Waals surface area contributed by atoms with Crippen LogP contribution in [0, 0.1) is 6.92 Å². The second-order valence-corrected chi connectivity index (χ2v) is 4.63. The fourth-order valence-corrected chi connectivity index (χ4v) is 1.90. The van der Waals surface area contributed by atoms with E-state index in [0.29, 0.717) is 11.7 Å². The molecule has 0 aliphatic carbocycles. The summed E-state index contributed by atoms with van der Waals surface area (Å²) >= 11 is 0. The molecular weight excluding hydrogens is 240 g/mol. The second-order valence-electron chi connectivity index (χ2n) is 4.63. The van der Waals surface area contributed by atoms with Crippen LogP contribution in [0.25, 0.3) is 0 Å². The van der Waals surface area contributed by atoms with E-state index < -0.39 is 0 Å². The summed E-state index contributed by atoms with van der Waals surface area (Å²) < 4.78 is 5.22. The van der Waals surface area contributed by atoms with E-state index in [0.717, 1.165) is 17.7 Å². The quantitative estimate of drug-likeness (QED) is 0.908. The SMILES string of the molecule is CCC(C)c1ccccc1NC(=O)c1ncc(C)o1. The number of anilines is 1. The van der Waals surface area contributed by atoms with E-state index in [1.165, 1.54) is 6.20 Å². The van der Waals surface area contributed by atoms with E-state index in [1.54, 1.807) is 6.92 Å². The van der Waals surface area contributed by atoms with Crippen molar-refractivity contribution in [3.63, 3.8) is 0 Å². The van der Waals surface area contributed by atoms with Gasteiger partial charge in [0.15, 0.2) is 0 Å². The number of nitrogens with one attached hydrogen (secondary N) is 1. The summed E-state index contributed by atoms with van der Waals surface area (Å²) in [6, 6.07) is 7.81. The summed E-state index contributed by atoms with van der Waals surface area (Å²) in [5.41, 5.74) is 1.94. The first-order valence-electron chi connectivity index (χ1n) is 6.44. The molecule has 0 spiro atoms. The first-order chi connectivity index (χ1) is 9.11. The standard InChI is InChI=1S/C15H18N2O2/c1-4-10(2)12-7-5-6-8-13(12)17-14(18)15-16-9-11(3)19-15/h5-10H,4H2,1-3H3,(H,17,18). The predicted octanol–water partition coefficient (Wildman–Crippen LogP) is 3.75. The van der Waals surface area contributed by atoms with Crippen molar-refractivity contribution >= 4 is 11.6 Å². The molecule has 100 valence electrons. The highest BCUT2D eigenvalue weighted by Crippen LogP contribution is 2.26. The van der Waals surface area contributed by atoms with Crippen molar-refractivity contribution < 1.29 is 9.21 Å². The molecule has 1 amide bonds. The smallest absolute Gasteiger partial charge is 0.311 e. The van der Waals surface area contributed by atoms with Crippen LogP contribution < -0.4 is 5.32 Å². The number of oxazole rings is 1. The van der Waals surface area contributed by atoms with Gasteiger partial charge >= 0.3 is 5.91 Å². The molecule has 1 aromatic carbocycles. The monoisotopic (exact) mass is 258 g/mol. The van der Waals surface area contributed by atoms with Crippen LogP contribution in [0.15, 0.2) is 34.9 Å². The van der Waals surface area contributed by atoms with Gasteiger partial charge in [-0.3, -0.25) is 4.79 Å². The summed E-state index contributed by atoms with van der Waals surface area (Å²) in [5, 5.41) is 2.86. The average molecular weight is 258 g/mol. The molecule has 1 unspecified atom stereocenters. The number of rotatable bonds is 4. The first-order valence-corrected chi connectivity index (χ1v) is 6.44. The Morgan fingerprint density at radius 2 is 2.16 bits per heavy atom. The van der Waals surface area contributed by atoms with Crippen LogP contribution in [0.4, 0.5) is 5.69 Å². The Labute approximate surface area is 112 Å². The zero-order chi connectivity index (χ0) is 13.8. The Kier molecular flexibility index (Phi) is 4.00. The molecule has 0 aliphatic rings. The lowest BCUT2D eigenvalue weighted by Gasteiger charge is -2.14. The van der Waals surface area contributed by atoms with Crippen molar-refractivity contribution in [2.75, 3.05) is 5.32 Å². The third-order valence-electron chi connectivity index (χ3n) is 3.17. The van der Waals surface area contributed by atoms with E-state index >= 15 is 0 Å². The number of aromatic nitrogens is 1. The molecule has 1 atom stereocenters. The summed E-state index contributed by atoms with van der Waals surface area (Å²) in [5.74, 6) is 0.795. The maximum atomic E-state index is 12.0. The van der Waals surface area contributed by atoms with Crippen LogP contribution in [0.5, 0.6) is 0 Å². The average Bonchev–Trinajstić information content (AvgIpc) is 2.85. The molecule has 0 radical (unpaired) electrons. The number of nitrogens with zero attached hydrogens (tertiary/aromatic N) is 1. The van der Waals surface area contributed by atoms with E-state index in [9.17, 15) is 4.79 Å². The minimum atomic E-state index is -0.316. The van der Waals surface area contributed by atoms with Gasteiger partial charge < -0.3 is 9.73 Å². The van der Waals surface area contributed by atoms with E-state index in [4.69, 9.17) is 4.42 Å². The maximum absolute atomic E-state index is 12.0. The van der Waals surface area contributed by atoms with Gasteiger partial charge in [-0.15, -0.1) is 0 Å². The molecule has 0 saturated carbocycles. The Morgan fingerprint density at radius 3 is 2.79 bits per heavy atom. The van der Waals surface area contributed by atoms with Gasteiger partial charge in [0, 0.05) is 5.69 Å². The van der Waals surface area contributed by atoms with Crippen molar-refractivity contribution in [2.24, 2.45) is 0 Å². The lowest BCUT2D eigenvalue weighted by Crippen LogP contribution is -2.14. The predicted molar refractivity (Wildman–Crippen MR) is 74.3 cm³/mol. The Bertz CT molecular complexity index is 575. The number of carbonyl (C=O) groups excluding carboxylic acids is 1. The van der Waals surface area contributed by atoms with E-state index in [-0.39, 0.29) is 11.8 Å². The van der Waals surface area contributed by atoms with E-state index in [2.05, 4.69) is 24.1 Å². The fraction of sp³-hybridized carbons (Fsp3) is 0.333. The summed E-state index contributed by atoms with van der Waals surface area (Å²) in [6.07, 6.45) is 2.56. The molecule has 0 bridgehead atoms. The summed E-state index contributed by atoms with van der Waals surface area (Å²) in [4.78, 5) is 16.0. The van der Waals surface area contributed by atoms with Crippen LogP contribution in [0.3, 0.4) is 0 Å². The van der Waals surface area contributed by atoms with Crippen molar-refractivity contribution in [3.8, 4) is 0 Å². The molecule has 1 heterocycles. The number of hydrogen-bond acceptors (Lipinski definition) is 3. The zero-order valence-corrected chi connectivity index (χ0v) is 11.4. The van der Waals surface area contributed by atoms with Crippen molar-refractivity contribution in [1.29, 1.82) is 0 Å². The molecule has 1 N–H and O–H groups in total. The number of aryl methyl sites for hydroxylation is 1. The largest absolute Gasteiger partial charge is 0.438 e. The topological polar surface area (TPSA) is 55.1 Å². The Hall–Kier alpha value is -2.10. The molecule has 19 heavy (non-hydrogen) atoms. The molecule has 4 nitrogen and oxygen atoms in total. The highest BCUT2D eigenvalue weighted by atomic mass is 16.4. The maximum Gasteiger partial charge on any atom is 0.311 e. The molecule has 2 rings (SSSR count). The van der Waals surface area contributed by atoms with Crippen LogP contribution in [-0.2, 0) is 0 Å². The summed E-state index contributed by atoms with van der Waals surface area (Å²) in [7, 11) is 0. The normalized spacial score (nSPS) is 12.2. The van der Waals surface area contributed by atoms with Crippen LogP contribution >= 0.6 is 0 Å². The molecule has 0 saturated heterocycles. The van der Waals surface area contributed by atoms with Gasteiger partial charge in [0.05, 0.1) is 6.20 Å². The number of hydrogen-bond donors (Lipinski definition) is 1. The van der Waals surface area contributed by atoms with Gasteiger partial charge in [-0.05, 0) is 30.9 Å². The molecule has 2 aromatic rings. The minimum Gasteiger partial charge on any atom is -0.438 e. The third-order valence-corrected chi connectivity index (χ3v) is 3.17. The number of amides is 1. The van der Waals surface area contributed by atoms with Crippen molar-refractivity contribution in [3.05, 3.63) is 47.7 Å². The van der Waals surface area contributed by atoms with Crippen LogP contribution in [0.1, 0.15) is 48.2 Å². The Balaban J connectivity index is 2.21. The van der Waals surface area contributed by atoms with Gasteiger partial charge in [0.1, 0.15) is 5.76 Å². The van der Waals surface area contributed by atoms with Crippen LogP contribution in [0.2, 0.25) is 0 Å². The van der Waals surface area contributed by atoms with Gasteiger partial charge in [-0.25, -0.2) is 4.98 Å². The molecule has 0 aliphatic heterocycles. The zero-order valence-electron chi connectivity index (χ0n) is 11.4. The van der Waals surface area contributed by atoms with Crippen molar-refractivity contribution in [1.82, 2.24) is 4.98 Å². The molecular formula is C15H18N2O2. The lowest BCUT2D eigenvalue weighted by molar-refractivity contribution is 0.0989. The van der Waals surface area contributed by atoms with Gasteiger partial charge in [0.25, 0.3) is 5.89 Å². The summed E-state index contributed by atoms with van der Waals surface area (Å²) in [6.45, 7) is 6.03. The van der Waals surface area contributed by atoms with Gasteiger partial charge in [0.2, 0.25) is 0 Å². The highest BCUT2D eigenvalue weighted by molar-refractivity contribution is 6.01. The lowest BCUT2D eigenvalue weighted by atomic mass is 9.97. The van der Waals surface area contributed by atoms with Gasteiger partial charge in [-0.1, -0.05) is 32.0 Å². The minimum absolute atomic E-state index is 0.0939. The second kappa shape index (κ2) is 5.69. The van der Waals surface area contributed by atoms with E-state index in [1.807, 2.05) is 24.3 Å². The first kappa shape index (κ1) is 13.3. The fourth-order valence-electron chi connectivity index (χ4n) is 1.90. The number of benzene rings is 1. The highest BCUT2D eigenvalue weighted by Gasteiger charge is 2.15. The number of carbonyl (C=O) groups is 1. The Morgan fingerprint density at radius 1 is 1.42 bits per heavy atom. The molecule has 4 heteroatoms. The van der Waals surface area contributed by atoms with Crippen molar-refractivity contribution in [2.45, 2.75) is 33.1 Å². The third kappa shape index (κ3) is 3.02. The molecule has 1 aromatic heterocycles. The van der Waals surface area contributed by atoms with Gasteiger partial charge in [-0.2, -0.15) is 0 Å². The molecule has 0 fully saturated rings. The van der Waals surface area contributed by atoms with Crippen LogP contribution in [-0.4, -0.2) is 10.9 Å².